The van der Waals surface area contributed by atoms with Gasteiger partial charge in [0.1, 0.15) is 0 Å². The van der Waals surface area contributed by atoms with Crippen LogP contribution in [0.25, 0.3) is 22.6 Å². The minimum atomic E-state index is -0.430. The van der Waals surface area contributed by atoms with Crippen molar-refractivity contribution in [1.82, 2.24) is 20.3 Å². The molecule has 0 aliphatic heterocycles. The third-order valence-electron chi connectivity index (χ3n) is 3.04. The topological polar surface area (TPSA) is 118 Å². The Morgan fingerprint density at radius 1 is 0.920 bits per heavy atom. The fourth-order valence-electron chi connectivity index (χ4n) is 1.91. The molecule has 0 unspecified atom stereocenters. The third kappa shape index (κ3) is 3.93. The molecule has 9 heteroatoms. The van der Waals surface area contributed by atoms with E-state index in [9.17, 15) is 9.59 Å². The summed E-state index contributed by atoms with van der Waals surface area (Å²) in [5.41, 5.74) is 0.788. The van der Waals surface area contributed by atoms with Gasteiger partial charge in [-0.2, -0.15) is 10.3 Å². The predicted octanol–water partition coefficient (Wildman–Crippen LogP) is 2.71. The molecular formula is C16H11ClN4O4. The summed E-state index contributed by atoms with van der Waals surface area (Å²) < 4.78 is 9.74. The van der Waals surface area contributed by atoms with Crippen LogP contribution in [0.2, 0.25) is 5.02 Å². The largest absolute Gasteiger partial charge is 0.378 e. The highest BCUT2D eigenvalue weighted by Gasteiger charge is 2.11. The molecule has 0 fully saturated rings. The lowest BCUT2D eigenvalue weighted by molar-refractivity contribution is 0.425. The molecular weight excluding hydrogens is 348 g/mol. The van der Waals surface area contributed by atoms with Crippen LogP contribution in [0, 0.1) is 0 Å². The van der Waals surface area contributed by atoms with Crippen molar-refractivity contribution in [3.05, 3.63) is 80.8 Å². The second-order valence-corrected chi connectivity index (χ2v) is 5.11. The molecule has 0 amide bonds. The van der Waals surface area contributed by atoms with Crippen LogP contribution in [0.3, 0.4) is 0 Å². The third-order valence-corrected chi connectivity index (χ3v) is 3.38. The van der Waals surface area contributed by atoms with Crippen molar-refractivity contribution in [3.63, 3.8) is 0 Å². The van der Waals surface area contributed by atoms with E-state index < -0.39 is 5.56 Å². The fourth-order valence-corrected chi connectivity index (χ4v) is 2.09. The molecule has 4 aromatic heterocycles. The standard InChI is InChI=1S/C8H5ClN2O2.C8H6N2O2/c9-6-7(13-11-8(6)12)5-2-1-3-10-4-5;11-8-4-7(12-10-8)6-2-1-3-9-5-6/h1-4H,(H,11,12);1-5H,(H,10,11). The molecule has 0 saturated carbocycles. The van der Waals surface area contributed by atoms with E-state index in [1.807, 2.05) is 6.07 Å². The Bertz CT molecular complexity index is 1050. The van der Waals surface area contributed by atoms with Crippen molar-refractivity contribution in [2.45, 2.75) is 0 Å². The summed E-state index contributed by atoms with van der Waals surface area (Å²) in [5.74, 6) is 0.827. The summed E-state index contributed by atoms with van der Waals surface area (Å²) in [4.78, 5) is 29.4. The Morgan fingerprint density at radius 3 is 2.08 bits per heavy atom. The van der Waals surface area contributed by atoms with Crippen LogP contribution >= 0.6 is 11.6 Å². The lowest BCUT2D eigenvalue weighted by Crippen LogP contribution is -1.96. The van der Waals surface area contributed by atoms with Crippen LogP contribution in [0.4, 0.5) is 0 Å². The Balaban J connectivity index is 0.000000146. The minimum Gasteiger partial charge on any atom is -0.378 e. The van der Waals surface area contributed by atoms with Crippen molar-refractivity contribution in [2.24, 2.45) is 0 Å². The van der Waals surface area contributed by atoms with E-state index in [0.717, 1.165) is 5.56 Å². The molecule has 2 N–H and O–H groups in total. The van der Waals surface area contributed by atoms with Crippen LogP contribution in [-0.2, 0) is 0 Å². The molecule has 25 heavy (non-hydrogen) atoms. The molecule has 0 aliphatic carbocycles. The monoisotopic (exact) mass is 358 g/mol. The van der Waals surface area contributed by atoms with E-state index >= 15 is 0 Å². The Morgan fingerprint density at radius 2 is 1.60 bits per heavy atom. The maximum Gasteiger partial charge on any atom is 0.299 e. The first-order chi connectivity index (χ1) is 12.1. The first-order valence-corrected chi connectivity index (χ1v) is 7.39. The first kappa shape index (κ1) is 16.5. The number of aromatic nitrogens is 4. The predicted molar refractivity (Wildman–Crippen MR) is 90.1 cm³/mol. The van der Waals surface area contributed by atoms with Crippen LogP contribution in [0.5, 0.6) is 0 Å². The van der Waals surface area contributed by atoms with Crippen LogP contribution in [0.15, 0.2) is 73.8 Å². The van der Waals surface area contributed by atoms with Crippen LogP contribution in [-0.4, -0.2) is 20.3 Å². The maximum absolute atomic E-state index is 10.9. The minimum absolute atomic E-state index is 0.0491. The lowest BCUT2D eigenvalue weighted by Gasteiger charge is -1.92. The molecule has 0 spiro atoms. The number of H-pyrrole nitrogens is 2. The molecule has 0 atom stereocenters. The number of pyridine rings is 2. The number of hydrogen-bond acceptors (Lipinski definition) is 6. The summed E-state index contributed by atoms with van der Waals surface area (Å²) in [7, 11) is 0. The molecule has 4 aromatic rings. The second kappa shape index (κ2) is 7.45. The second-order valence-electron chi connectivity index (χ2n) is 4.74. The van der Waals surface area contributed by atoms with Gasteiger partial charge in [0.05, 0.1) is 6.07 Å². The van der Waals surface area contributed by atoms with Crippen molar-refractivity contribution in [1.29, 1.82) is 0 Å². The van der Waals surface area contributed by atoms with Crippen LogP contribution in [0.1, 0.15) is 0 Å². The quantitative estimate of drug-likeness (QED) is 0.568. The highest BCUT2D eigenvalue weighted by molar-refractivity contribution is 6.32. The van der Waals surface area contributed by atoms with E-state index in [-0.39, 0.29) is 10.6 Å². The molecule has 0 aromatic carbocycles. The Kier molecular flexibility index (Phi) is 4.91. The maximum atomic E-state index is 10.9. The van der Waals surface area contributed by atoms with Gasteiger partial charge in [-0.05, 0) is 24.3 Å². The number of nitrogens with zero attached hydrogens (tertiary/aromatic N) is 2. The Labute approximate surface area is 145 Å². The molecule has 4 rings (SSSR count). The summed E-state index contributed by atoms with van der Waals surface area (Å²) in [5, 5.41) is 4.40. The number of aromatic amines is 2. The molecule has 0 bridgehead atoms. The molecule has 126 valence electrons. The fraction of sp³-hybridized carbons (Fsp3) is 0. The molecule has 0 saturated heterocycles. The highest BCUT2D eigenvalue weighted by Crippen LogP contribution is 2.23. The van der Waals surface area contributed by atoms with Gasteiger partial charge in [-0.3, -0.25) is 19.6 Å². The molecule has 0 aliphatic rings. The van der Waals surface area contributed by atoms with Gasteiger partial charge in [-0.15, -0.1) is 0 Å². The normalized spacial score (nSPS) is 10.1. The SMILES string of the molecule is O=c1[nH]oc(-c2cccnc2)c1Cl.O=c1cc(-c2cccnc2)o[nH]1. The van der Waals surface area contributed by atoms with Crippen molar-refractivity contribution in [2.75, 3.05) is 0 Å². The van der Waals surface area contributed by atoms with Gasteiger partial charge in [0.2, 0.25) is 0 Å². The summed E-state index contributed by atoms with van der Waals surface area (Å²) in [6.07, 6.45) is 6.49. The van der Waals surface area contributed by atoms with Gasteiger partial charge in [-0.25, -0.2) is 0 Å². The first-order valence-electron chi connectivity index (χ1n) is 7.01. The molecule has 4 heterocycles. The van der Waals surface area contributed by atoms with E-state index in [4.69, 9.17) is 20.6 Å². The van der Waals surface area contributed by atoms with Crippen LogP contribution < -0.4 is 11.1 Å². The van der Waals surface area contributed by atoms with E-state index in [1.54, 1.807) is 43.0 Å². The van der Waals surface area contributed by atoms with Gasteiger partial charge < -0.3 is 9.05 Å². The van der Waals surface area contributed by atoms with Gasteiger partial charge in [0.15, 0.2) is 16.5 Å². The zero-order chi connectivity index (χ0) is 17.6. The Hall–Kier alpha value is -3.39. The number of halogens is 1. The number of hydrogen-bond donors (Lipinski definition) is 2. The van der Waals surface area contributed by atoms with Gasteiger partial charge in [-0.1, -0.05) is 11.6 Å². The van der Waals surface area contributed by atoms with Crippen molar-refractivity contribution >= 4 is 11.6 Å². The van der Waals surface area contributed by atoms with E-state index in [1.165, 1.54) is 6.07 Å². The van der Waals surface area contributed by atoms with E-state index in [2.05, 4.69) is 20.3 Å². The van der Waals surface area contributed by atoms with E-state index in [0.29, 0.717) is 17.1 Å². The summed E-state index contributed by atoms with van der Waals surface area (Å²) in [6.45, 7) is 0. The zero-order valence-electron chi connectivity index (χ0n) is 12.6. The highest BCUT2D eigenvalue weighted by atomic mass is 35.5. The van der Waals surface area contributed by atoms with Gasteiger partial charge in [0, 0.05) is 35.9 Å². The molecule has 0 radical (unpaired) electrons. The number of nitrogens with one attached hydrogen (secondary N) is 2. The summed E-state index contributed by atoms with van der Waals surface area (Å²) >= 11 is 5.68. The van der Waals surface area contributed by atoms with Crippen molar-refractivity contribution in [3.8, 4) is 22.6 Å². The number of rotatable bonds is 2. The van der Waals surface area contributed by atoms with Crippen molar-refractivity contribution < 1.29 is 9.05 Å². The smallest absolute Gasteiger partial charge is 0.299 e. The summed E-state index contributed by atoms with van der Waals surface area (Å²) in [6, 6.07) is 8.47. The molecule has 8 nitrogen and oxygen atoms in total. The van der Waals surface area contributed by atoms with Gasteiger partial charge in [0.25, 0.3) is 11.1 Å². The van der Waals surface area contributed by atoms with Gasteiger partial charge >= 0.3 is 0 Å². The zero-order valence-corrected chi connectivity index (χ0v) is 13.4. The lowest BCUT2D eigenvalue weighted by atomic mass is 10.2. The average Bonchev–Trinajstić information content (AvgIpc) is 3.23. The average molecular weight is 359 g/mol.